The number of aromatic carboxylic acids is 1. The molecule has 0 aliphatic carbocycles. The molecular formula is C14H13NO3. The molecule has 4 nitrogen and oxygen atoms in total. The fourth-order valence-corrected chi connectivity index (χ4v) is 1.63. The van der Waals surface area contributed by atoms with Crippen molar-refractivity contribution in [3.63, 3.8) is 0 Å². The minimum absolute atomic E-state index is 0.142. The second-order valence-corrected chi connectivity index (χ2v) is 4.01. The first-order valence-electron chi connectivity index (χ1n) is 5.51. The van der Waals surface area contributed by atoms with Gasteiger partial charge in [0.2, 0.25) is 5.88 Å². The van der Waals surface area contributed by atoms with Crippen molar-refractivity contribution in [1.82, 2.24) is 4.98 Å². The van der Waals surface area contributed by atoms with Gasteiger partial charge in [0.25, 0.3) is 0 Å². The Bertz CT molecular complexity index is 556. The van der Waals surface area contributed by atoms with Gasteiger partial charge in [-0.05, 0) is 31.0 Å². The highest BCUT2D eigenvalue weighted by Gasteiger charge is 2.07. The van der Waals surface area contributed by atoms with E-state index < -0.39 is 5.97 Å². The largest absolute Gasteiger partial charge is 0.478 e. The second kappa shape index (κ2) is 4.87. The first kappa shape index (κ1) is 12.1. The molecule has 0 spiro atoms. The van der Waals surface area contributed by atoms with Gasteiger partial charge in [-0.25, -0.2) is 9.78 Å². The summed E-state index contributed by atoms with van der Waals surface area (Å²) >= 11 is 0. The summed E-state index contributed by atoms with van der Waals surface area (Å²) in [5, 5.41) is 8.77. The molecule has 0 radical (unpaired) electrons. The molecule has 2 rings (SSSR count). The van der Waals surface area contributed by atoms with Crippen LogP contribution < -0.4 is 4.74 Å². The zero-order valence-corrected chi connectivity index (χ0v) is 10.2. The first-order valence-corrected chi connectivity index (χ1v) is 5.51. The third kappa shape index (κ3) is 2.48. The van der Waals surface area contributed by atoms with Crippen molar-refractivity contribution in [1.29, 1.82) is 0 Å². The molecule has 18 heavy (non-hydrogen) atoms. The molecule has 1 heterocycles. The van der Waals surface area contributed by atoms with Gasteiger partial charge in [-0.1, -0.05) is 18.2 Å². The number of benzene rings is 1. The summed E-state index contributed by atoms with van der Waals surface area (Å²) in [7, 11) is 0. The van der Waals surface area contributed by atoms with Crippen LogP contribution in [-0.2, 0) is 0 Å². The molecule has 1 aromatic heterocycles. The molecule has 0 saturated heterocycles. The number of nitrogens with zero attached hydrogens (tertiary/aromatic N) is 1. The van der Waals surface area contributed by atoms with Crippen molar-refractivity contribution in [3.8, 4) is 11.6 Å². The molecule has 4 heteroatoms. The number of para-hydroxylation sites is 1. The smallest absolute Gasteiger partial charge is 0.337 e. The van der Waals surface area contributed by atoms with Crippen LogP contribution >= 0.6 is 0 Å². The lowest BCUT2D eigenvalue weighted by Crippen LogP contribution is -1.98. The van der Waals surface area contributed by atoms with Gasteiger partial charge in [0.15, 0.2) is 0 Å². The van der Waals surface area contributed by atoms with E-state index in [2.05, 4.69) is 4.98 Å². The van der Waals surface area contributed by atoms with Crippen LogP contribution in [0.3, 0.4) is 0 Å². The lowest BCUT2D eigenvalue weighted by molar-refractivity contribution is 0.0696. The van der Waals surface area contributed by atoms with E-state index >= 15 is 0 Å². The summed E-state index contributed by atoms with van der Waals surface area (Å²) in [6, 6.07) is 8.88. The number of hydrogen-bond acceptors (Lipinski definition) is 3. The maximum atomic E-state index is 10.7. The molecule has 1 aromatic carbocycles. The summed E-state index contributed by atoms with van der Waals surface area (Å²) in [6.07, 6.45) is 1.28. The second-order valence-electron chi connectivity index (χ2n) is 4.01. The topological polar surface area (TPSA) is 59.4 Å². The molecule has 0 bridgehead atoms. The van der Waals surface area contributed by atoms with E-state index in [0.29, 0.717) is 5.88 Å². The minimum atomic E-state index is -0.999. The summed E-state index contributed by atoms with van der Waals surface area (Å²) in [5.41, 5.74) is 2.17. The number of ether oxygens (including phenoxy) is 1. The Morgan fingerprint density at radius 3 is 2.33 bits per heavy atom. The predicted octanol–water partition coefficient (Wildman–Crippen LogP) is 3.19. The van der Waals surface area contributed by atoms with Crippen molar-refractivity contribution in [3.05, 3.63) is 53.2 Å². The van der Waals surface area contributed by atoms with Gasteiger partial charge in [0.1, 0.15) is 5.75 Å². The van der Waals surface area contributed by atoms with E-state index in [-0.39, 0.29) is 5.56 Å². The van der Waals surface area contributed by atoms with Gasteiger partial charge in [-0.3, -0.25) is 0 Å². The van der Waals surface area contributed by atoms with Gasteiger partial charge in [0, 0.05) is 12.3 Å². The lowest BCUT2D eigenvalue weighted by atomic mass is 10.1. The maximum absolute atomic E-state index is 10.7. The Kier molecular flexibility index (Phi) is 3.28. The van der Waals surface area contributed by atoms with Crippen molar-refractivity contribution < 1.29 is 14.6 Å². The molecule has 0 aliphatic heterocycles. The molecule has 2 aromatic rings. The molecular weight excluding hydrogens is 230 g/mol. The zero-order chi connectivity index (χ0) is 13.1. The van der Waals surface area contributed by atoms with Crippen LogP contribution in [-0.4, -0.2) is 16.1 Å². The Balaban J connectivity index is 2.26. The van der Waals surface area contributed by atoms with Gasteiger partial charge in [-0.15, -0.1) is 0 Å². The van der Waals surface area contributed by atoms with Gasteiger partial charge < -0.3 is 9.84 Å². The Morgan fingerprint density at radius 1 is 1.17 bits per heavy atom. The van der Waals surface area contributed by atoms with E-state index in [1.54, 1.807) is 6.07 Å². The van der Waals surface area contributed by atoms with Crippen molar-refractivity contribution >= 4 is 5.97 Å². The lowest BCUT2D eigenvalue weighted by Gasteiger charge is -2.10. The van der Waals surface area contributed by atoms with Crippen LogP contribution in [0.15, 0.2) is 36.5 Å². The molecule has 1 N–H and O–H groups in total. The van der Waals surface area contributed by atoms with Crippen LogP contribution in [0, 0.1) is 13.8 Å². The number of carboxylic acids is 1. The fourth-order valence-electron chi connectivity index (χ4n) is 1.63. The molecule has 0 atom stereocenters. The molecule has 0 fully saturated rings. The Labute approximate surface area is 105 Å². The molecule has 0 saturated carbocycles. The van der Waals surface area contributed by atoms with E-state index in [4.69, 9.17) is 9.84 Å². The standard InChI is InChI=1S/C14H13NO3/c1-9-4-3-5-10(2)13(9)18-12-7-6-11(8-15-12)14(16)17/h3-8H,1-2H3,(H,16,17). The minimum Gasteiger partial charge on any atom is -0.478 e. The van der Waals surface area contributed by atoms with Crippen molar-refractivity contribution in [2.24, 2.45) is 0 Å². The van der Waals surface area contributed by atoms with E-state index in [1.807, 2.05) is 32.0 Å². The highest BCUT2D eigenvalue weighted by molar-refractivity contribution is 5.87. The highest BCUT2D eigenvalue weighted by Crippen LogP contribution is 2.27. The maximum Gasteiger partial charge on any atom is 0.337 e. The molecule has 0 amide bonds. The number of carboxylic acid groups (broad SMARTS) is 1. The number of carbonyl (C=O) groups is 1. The molecule has 0 unspecified atom stereocenters. The SMILES string of the molecule is Cc1cccc(C)c1Oc1ccc(C(=O)O)cn1. The average molecular weight is 243 g/mol. The number of aryl methyl sites for hydroxylation is 2. The van der Waals surface area contributed by atoms with Crippen LogP contribution in [0.4, 0.5) is 0 Å². The highest BCUT2D eigenvalue weighted by atomic mass is 16.5. The van der Waals surface area contributed by atoms with Gasteiger partial charge in [-0.2, -0.15) is 0 Å². The van der Waals surface area contributed by atoms with Crippen molar-refractivity contribution in [2.45, 2.75) is 13.8 Å². The quantitative estimate of drug-likeness (QED) is 0.899. The van der Waals surface area contributed by atoms with E-state index in [0.717, 1.165) is 16.9 Å². The summed E-state index contributed by atoms with van der Waals surface area (Å²) in [5.74, 6) is 0.145. The van der Waals surface area contributed by atoms with Crippen molar-refractivity contribution in [2.75, 3.05) is 0 Å². The predicted molar refractivity (Wildman–Crippen MR) is 67.2 cm³/mol. The molecule has 92 valence electrons. The van der Waals surface area contributed by atoms with E-state index in [9.17, 15) is 4.79 Å². The number of aromatic nitrogens is 1. The fraction of sp³-hybridized carbons (Fsp3) is 0.143. The summed E-state index contributed by atoms with van der Waals surface area (Å²) < 4.78 is 5.67. The number of pyridine rings is 1. The first-order chi connectivity index (χ1) is 8.58. The third-order valence-corrected chi connectivity index (χ3v) is 2.60. The van der Waals surface area contributed by atoms with Crippen LogP contribution in [0.25, 0.3) is 0 Å². The number of rotatable bonds is 3. The van der Waals surface area contributed by atoms with Crippen LogP contribution in [0.1, 0.15) is 21.5 Å². The number of hydrogen-bond donors (Lipinski definition) is 1. The van der Waals surface area contributed by atoms with Gasteiger partial charge >= 0.3 is 5.97 Å². The Hall–Kier alpha value is -2.36. The third-order valence-electron chi connectivity index (χ3n) is 2.60. The molecule has 0 aliphatic rings. The monoisotopic (exact) mass is 243 g/mol. The summed E-state index contributed by atoms with van der Waals surface area (Å²) in [4.78, 5) is 14.7. The van der Waals surface area contributed by atoms with Crippen LogP contribution in [0.2, 0.25) is 0 Å². The average Bonchev–Trinajstić information content (AvgIpc) is 2.34. The van der Waals surface area contributed by atoms with E-state index in [1.165, 1.54) is 12.3 Å². The van der Waals surface area contributed by atoms with Crippen LogP contribution in [0.5, 0.6) is 11.6 Å². The Morgan fingerprint density at radius 2 is 1.83 bits per heavy atom. The normalized spacial score (nSPS) is 10.1. The summed E-state index contributed by atoms with van der Waals surface area (Å²) in [6.45, 7) is 3.90. The van der Waals surface area contributed by atoms with Gasteiger partial charge in [0.05, 0.1) is 5.56 Å². The zero-order valence-electron chi connectivity index (χ0n) is 10.2.